The van der Waals surface area contributed by atoms with E-state index in [2.05, 4.69) is 22.0 Å². The highest BCUT2D eigenvalue weighted by molar-refractivity contribution is 9.10. The minimum Gasteiger partial charge on any atom is -0.497 e. The van der Waals surface area contributed by atoms with Gasteiger partial charge in [0.25, 0.3) is 0 Å². The van der Waals surface area contributed by atoms with Gasteiger partial charge in [-0.15, -0.1) is 0 Å². The summed E-state index contributed by atoms with van der Waals surface area (Å²) >= 11 is 3.42. The largest absolute Gasteiger partial charge is 0.497 e. The van der Waals surface area contributed by atoms with E-state index in [1.165, 1.54) is 0 Å². The van der Waals surface area contributed by atoms with E-state index >= 15 is 0 Å². The van der Waals surface area contributed by atoms with Crippen molar-refractivity contribution in [2.24, 2.45) is 0 Å². The van der Waals surface area contributed by atoms with E-state index in [1.807, 2.05) is 18.2 Å². The fourth-order valence-corrected chi connectivity index (χ4v) is 2.27. The van der Waals surface area contributed by atoms with Crippen molar-refractivity contribution in [3.05, 3.63) is 52.0 Å². The van der Waals surface area contributed by atoms with Gasteiger partial charge in [0.1, 0.15) is 23.9 Å². The molecule has 21 heavy (non-hydrogen) atoms. The highest BCUT2D eigenvalue weighted by atomic mass is 79.9. The molecule has 0 atom stereocenters. The molecule has 0 aliphatic heterocycles. The molecule has 2 aromatic carbocycles. The summed E-state index contributed by atoms with van der Waals surface area (Å²) < 4.78 is 17.1. The van der Waals surface area contributed by atoms with E-state index in [9.17, 15) is 0 Å². The van der Waals surface area contributed by atoms with Crippen molar-refractivity contribution in [2.75, 3.05) is 14.2 Å². The van der Waals surface area contributed by atoms with Crippen LogP contribution in [0.3, 0.4) is 0 Å². The topological polar surface area (TPSA) is 51.5 Å². The van der Waals surface area contributed by atoms with Gasteiger partial charge in [0.15, 0.2) is 0 Å². The lowest BCUT2D eigenvalue weighted by atomic mass is 10.2. The van der Waals surface area contributed by atoms with Crippen molar-refractivity contribution >= 4 is 15.9 Å². The maximum atomic E-state index is 9.00. The monoisotopic (exact) mass is 347 g/mol. The van der Waals surface area contributed by atoms with Crippen molar-refractivity contribution in [1.82, 2.24) is 0 Å². The second-order valence-corrected chi connectivity index (χ2v) is 5.17. The Morgan fingerprint density at radius 1 is 1.05 bits per heavy atom. The molecule has 0 saturated heterocycles. The molecule has 0 N–H and O–H groups in total. The van der Waals surface area contributed by atoms with Crippen molar-refractivity contribution in [1.29, 1.82) is 5.26 Å². The average Bonchev–Trinajstić information content (AvgIpc) is 2.52. The van der Waals surface area contributed by atoms with Crippen molar-refractivity contribution in [3.63, 3.8) is 0 Å². The first-order valence-electron chi connectivity index (χ1n) is 6.20. The number of halogens is 1. The Kier molecular flexibility index (Phi) is 5.07. The lowest BCUT2D eigenvalue weighted by Crippen LogP contribution is -1.99. The van der Waals surface area contributed by atoms with E-state index in [0.29, 0.717) is 23.7 Å². The molecular formula is C16H14BrNO3. The van der Waals surface area contributed by atoms with Crippen LogP contribution in [-0.2, 0) is 6.61 Å². The third-order valence-corrected chi connectivity index (χ3v) is 3.37. The molecular weight excluding hydrogens is 334 g/mol. The Balaban J connectivity index is 2.20. The summed E-state index contributed by atoms with van der Waals surface area (Å²) in [6, 6.07) is 12.9. The zero-order chi connectivity index (χ0) is 15.2. The predicted octanol–water partition coefficient (Wildman–Crippen LogP) is 3.92. The fraction of sp³-hybridized carbons (Fsp3) is 0.188. The quantitative estimate of drug-likeness (QED) is 0.822. The maximum Gasteiger partial charge on any atom is 0.125 e. The van der Waals surface area contributed by atoms with Crippen LogP contribution in [0.4, 0.5) is 0 Å². The van der Waals surface area contributed by atoms with Crippen LogP contribution in [0.15, 0.2) is 40.9 Å². The normalized spacial score (nSPS) is 9.81. The van der Waals surface area contributed by atoms with Crippen molar-refractivity contribution in [3.8, 4) is 23.3 Å². The van der Waals surface area contributed by atoms with Crippen LogP contribution in [-0.4, -0.2) is 14.2 Å². The SMILES string of the molecule is COc1cc(C#N)cc(OCc2cc(Br)ccc2OC)c1. The molecule has 0 saturated carbocycles. The third-order valence-electron chi connectivity index (χ3n) is 2.88. The van der Waals surface area contributed by atoms with Gasteiger partial charge in [-0.05, 0) is 30.3 Å². The lowest BCUT2D eigenvalue weighted by Gasteiger charge is -2.12. The molecule has 0 amide bonds. The van der Waals surface area contributed by atoms with Gasteiger partial charge in [0.2, 0.25) is 0 Å². The van der Waals surface area contributed by atoms with Crippen LogP contribution in [0, 0.1) is 11.3 Å². The highest BCUT2D eigenvalue weighted by Crippen LogP contribution is 2.27. The highest BCUT2D eigenvalue weighted by Gasteiger charge is 2.07. The Hall–Kier alpha value is -2.19. The number of hydrogen-bond donors (Lipinski definition) is 0. The minimum atomic E-state index is 0.334. The first-order valence-corrected chi connectivity index (χ1v) is 7.00. The van der Waals surface area contributed by atoms with Gasteiger partial charge in [-0.25, -0.2) is 0 Å². The molecule has 0 radical (unpaired) electrons. The van der Waals surface area contributed by atoms with Crippen LogP contribution < -0.4 is 14.2 Å². The fourth-order valence-electron chi connectivity index (χ4n) is 1.86. The molecule has 0 aromatic heterocycles. The smallest absolute Gasteiger partial charge is 0.125 e. The number of benzene rings is 2. The predicted molar refractivity (Wildman–Crippen MR) is 82.7 cm³/mol. The van der Waals surface area contributed by atoms with Gasteiger partial charge in [0.05, 0.1) is 25.9 Å². The van der Waals surface area contributed by atoms with Gasteiger partial charge < -0.3 is 14.2 Å². The summed E-state index contributed by atoms with van der Waals surface area (Å²) in [5.41, 5.74) is 1.40. The molecule has 0 aliphatic rings. The van der Waals surface area contributed by atoms with Crippen LogP contribution in [0.25, 0.3) is 0 Å². The zero-order valence-corrected chi connectivity index (χ0v) is 13.3. The Morgan fingerprint density at radius 3 is 2.48 bits per heavy atom. The Morgan fingerprint density at radius 2 is 1.81 bits per heavy atom. The van der Waals surface area contributed by atoms with Crippen LogP contribution in [0.2, 0.25) is 0 Å². The van der Waals surface area contributed by atoms with Gasteiger partial charge in [-0.3, -0.25) is 0 Å². The summed E-state index contributed by atoms with van der Waals surface area (Å²) in [6.45, 7) is 0.334. The second-order valence-electron chi connectivity index (χ2n) is 4.25. The van der Waals surface area contributed by atoms with Crippen molar-refractivity contribution in [2.45, 2.75) is 6.61 Å². The van der Waals surface area contributed by atoms with Gasteiger partial charge in [-0.1, -0.05) is 15.9 Å². The van der Waals surface area contributed by atoms with Gasteiger partial charge >= 0.3 is 0 Å². The van der Waals surface area contributed by atoms with Gasteiger partial charge in [-0.2, -0.15) is 5.26 Å². The van der Waals surface area contributed by atoms with E-state index in [4.69, 9.17) is 19.5 Å². The molecule has 0 aliphatic carbocycles. The third kappa shape index (κ3) is 3.89. The van der Waals surface area contributed by atoms with Crippen LogP contribution in [0.1, 0.15) is 11.1 Å². The minimum absolute atomic E-state index is 0.334. The first-order chi connectivity index (χ1) is 10.2. The van der Waals surface area contributed by atoms with E-state index in [-0.39, 0.29) is 0 Å². The van der Waals surface area contributed by atoms with Gasteiger partial charge in [0, 0.05) is 16.1 Å². The number of nitriles is 1. The van der Waals surface area contributed by atoms with Crippen LogP contribution in [0.5, 0.6) is 17.2 Å². The summed E-state index contributed by atoms with van der Waals surface area (Å²) in [4.78, 5) is 0. The first kappa shape index (κ1) is 15.2. The summed E-state index contributed by atoms with van der Waals surface area (Å²) in [7, 11) is 3.17. The molecule has 0 heterocycles. The summed E-state index contributed by atoms with van der Waals surface area (Å²) in [6.07, 6.45) is 0. The zero-order valence-electron chi connectivity index (χ0n) is 11.7. The molecule has 0 bridgehead atoms. The average molecular weight is 348 g/mol. The van der Waals surface area contributed by atoms with Crippen LogP contribution >= 0.6 is 15.9 Å². The molecule has 0 spiro atoms. The molecule has 5 heteroatoms. The number of nitrogens with zero attached hydrogens (tertiary/aromatic N) is 1. The molecule has 2 rings (SSSR count). The molecule has 108 valence electrons. The maximum absolute atomic E-state index is 9.00. The molecule has 4 nitrogen and oxygen atoms in total. The standard InChI is InChI=1S/C16H14BrNO3/c1-19-14-5-11(9-18)6-15(8-14)21-10-12-7-13(17)3-4-16(12)20-2/h3-8H,10H2,1-2H3. The molecule has 2 aromatic rings. The van der Waals surface area contributed by atoms with Crippen molar-refractivity contribution < 1.29 is 14.2 Å². The van der Waals surface area contributed by atoms with E-state index in [0.717, 1.165) is 15.8 Å². The van der Waals surface area contributed by atoms with E-state index in [1.54, 1.807) is 32.4 Å². The second kappa shape index (κ2) is 7.00. The van der Waals surface area contributed by atoms with E-state index < -0.39 is 0 Å². The molecule has 0 fully saturated rings. The number of rotatable bonds is 5. The lowest BCUT2D eigenvalue weighted by molar-refractivity contribution is 0.294. The summed E-state index contributed by atoms with van der Waals surface area (Å²) in [5.74, 6) is 1.92. The summed E-state index contributed by atoms with van der Waals surface area (Å²) in [5, 5.41) is 9.00. The number of ether oxygens (including phenoxy) is 3. The number of methoxy groups -OCH3 is 2. The Bertz CT molecular complexity index is 680. The Labute approximate surface area is 132 Å². The number of hydrogen-bond acceptors (Lipinski definition) is 4. The molecule has 0 unspecified atom stereocenters.